The van der Waals surface area contributed by atoms with E-state index >= 15 is 0 Å². The molecule has 104 valence electrons. The Hall–Kier alpha value is -0.840. The smallest absolute Gasteiger partial charge is 0.169 e. The van der Waals surface area contributed by atoms with Crippen molar-refractivity contribution in [3.8, 4) is 5.75 Å². The first-order valence-electron chi connectivity index (χ1n) is 5.87. The molecular formula is C13H21ClFNO2. The third kappa shape index (κ3) is 4.12. The predicted molar refractivity (Wildman–Crippen MR) is 72.7 cm³/mol. The molecule has 2 atom stereocenters. The summed E-state index contributed by atoms with van der Waals surface area (Å²) in [7, 11) is 1.40. The molecule has 0 radical (unpaired) electrons. The molecule has 0 saturated heterocycles. The minimum Gasteiger partial charge on any atom is -0.494 e. The largest absolute Gasteiger partial charge is 0.494 e. The van der Waals surface area contributed by atoms with E-state index in [4.69, 9.17) is 10.5 Å². The summed E-state index contributed by atoms with van der Waals surface area (Å²) in [6.45, 7) is 2.03. The monoisotopic (exact) mass is 277 g/mol. The normalized spacial score (nSPS) is 13.6. The number of aliphatic hydroxyl groups is 1. The Morgan fingerprint density at radius 2 is 2.11 bits per heavy atom. The summed E-state index contributed by atoms with van der Waals surface area (Å²) < 4.78 is 18.8. The average molecular weight is 278 g/mol. The fourth-order valence-corrected chi connectivity index (χ4v) is 1.74. The van der Waals surface area contributed by atoms with Crippen LogP contribution in [0.15, 0.2) is 18.2 Å². The highest BCUT2D eigenvalue weighted by atomic mass is 35.5. The number of rotatable bonds is 6. The average Bonchev–Trinajstić information content (AvgIpc) is 2.35. The molecule has 0 heterocycles. The molecule has 1 aromatic carbocycles. The fourth-order valence-electron chi connectivity index (χ4n) is 1.74. The van der Waals surface area contributed by atoms with E-state index in [1.165, 1.54) is 13.2 Å². The van der Waals surface area contributed by atoms with Crippen LogP contribution in [0.1, 0.15) is 37.8 Å². The van der Waals surface area contributed by atoms with Gasteiger partial charge in [-0.2, -0.15) is 0 Å². The lowest BCUT2D eigenvalue weighted by atomic mass is 9.98. The predicted octanol–water partition coefficient (Wildman–Crippen LogP) is 2.81. The molecule has 3 N–H and O–H groups in total. The maximum atomic E-state index is 13.9. The van der Waals surface area contributed by atoms with E-state index in [1.54, 1.807) is 12.1 Å². The van der Waals surface area contributed by atoms with Crippen molar-refractivity contribution in [2.45, 2.75) is 38.3 Å². The number of benzene rings is 1. The zero-order valence-corrected chi connectivity index (χ0v) is 11.5. The summed E-state index contributed by atoms with van der Waals surface area (Å²) in [6, 6.07) is 4.07. The summed E-state index contributed by atoms with van der Waals surface area (Å²) in [6.07, 6.45) is 1.70. The first kappa shape index (κ1) is 17.2. The van der Waals surface area contributed by atoms with Crippen LogP contribution in [0, 0.1) is 5.82 Å². The zero-order valence-electron chi connectivity index (χ0n) is 10.7. The van der Waals surface area contributed by atoms with E-state index in [2.05, 4.69) is 0 Å². The van der Waals surface area contributed by atoms with Gasteiger partial charge in [0, 0.05) is 5.56 Å². The van der Waals surface area contributed by atoms with Crippen LogP contribution in [-0.4, -0.2) is 18.3 Å². The molecule has 0 aliphatic rings. The molecule has 5 heteroatoms. The Morgan fingerprint density at radius 1 is 1.44 bits per heavy atom. The molecule has 0 fully saturated rings. The number of methoxy groups -OCH3 is 1. The second-order valence-electron chi connectivity index (χ2n) is 4.10. The molecule has 0 aliphatic heterocycles. The van der Waals surface area contributed by atoms with Crippen LogP contribution in [0.2, 0.25) is 0 Å². The summed E-state index contributed by atoms with van der Waals surface area (Å²) >= 11 is 0. The Bertz CT molecular complexity index is 363. The first-order chi connectivity index (χ1) is 8.11. The maximum absolute atomic E-state index is 13.9. The van der Waals surface area contributed by atoms with Gasteiger partial charge in [0.1, 0.15) is 0 Å². The molecule has 1 rings (SSSR count). The molecule has 0 aliphatic carbocycles. The van der Waals surface area contributed by atoms with Crippen molar-refractivity contribution in [3.05, 3.63) is 29.6 Å². The summed E-state index contributed by atoms with van der Waals surface area (Å²) in [4.78, 5) is 0. The van der Waals surface area contributed by atoms with Crippen molar-refractivity contribution >= 4 is 12.4 Å². The van der Waals surface area contributed by atoms with Gasteiger partial charge >= 0.3 is 0 Å². The van der Waals surface area contributed by atoms with Gasteiger partial charge in [-0.05, 0) is 12.5 Å². The fraction of sp³-hybridized carbons (Fsp3) is 0.538. The van der Waals surface area contributed by atoms with Gasteiger partial charge in [-0.15, -0.1) is 12.4 Å². The quantitative estimate of drug-likeness (QED) is 0.841. The van der Waals surface area contributed by atoms with Crippen LogP contribution in [0.3, 0.4) is 0 Å². The molecule has 0 aromatic heterocycles. The van der Waals surface area contributed by atoms with Crippen molar-refractivity contribution in [1.82, 2.24) is 0 Å². The van der Waals surface area contributed by atoms with Gasteiger partial charge in [0.05, 0.1) is 19.3 Å². The Balaban J connectivity index is 0.00000289. The van der Waals surface area contributed by atoms with Crippen LogP contribution in [0.4, 0.5) is 4.39 Å². The lowest BCUT2D eigenvalue weighted by Gasteiger charge is -2.20. The minimum absolute atomic E-state index is 0. The highest BCUT2D eigenvalue weighted by Crippen LogP contribution is 2.26. The Labute approximate surface area is 114 Å². The molecule has 0 bridgehead atoms. The molecule has 1 aromatic rings. The summed E-state index contributed by atoms with van der Waals surface area (Å²) in [5, 5.41) is 9.86. The van der Waals surface area contributed by atoms with Gasteiger partial charge in [0.25, 0.3) is 0 Å². The first-order valence-corrected chi connectivity index (χ1v) is 5.87. The molecule has 0 unspecified atom stereocenters. The minimum atomic E-state index is -0.725. The van der Waals surface area contributed by atoms with Crippen LogP contribution < -0.4 is 10.5 Å². The molecule has 0 amide bonds. The van der Waals surface area contributed by atoms with Gasteiger partial charge in [-0.25, -0.2) is 4.39 Å². The van der Waals surface area contributed by atoms with E-state index in [0.717, 1.165) is 12.8 Å². The number of ether oxygens (including phenoxy) is 1. The van der Waals surface area contributed by atoms with Crippen LogP contribution in [0.5, 0.6) is 5.75 Å². The molecule has 3 nitrogen and oxygen atoms in total. The van der Waals surface area contributed by atoms with E-state index in [1.807, 2.05) is 6.92 Å². The van der Waals surface area contributed by atoms with Crippen molar-refractivity contribution in [3.63, 3.8) is 0 Å². The molecule has 0 saturated carbocycles. The highest BCUT2D eigenvalue weighted by Gasteiger charge is 2.21. The Morgan fingerprint density at radius 3 is 2.67 bits per heavy atom. The maximum Gasteiger partial charge on any atom is 0.169 e. The van der Waals surface area contributed by atoms with E-state index in [9.17, 15) is 9.50 Å². The number of unbranched alkanes of at least 4 members (excludes halogenated alkanes) is 1. The molecular weight excluding hydrogens is 257 g/mol. The van der Waals surface area contributed by atoms with Gasteiger partial charge in [0.15, 0.2) is 11.6 Å². The van der Waals surface area contributed by atoms with Gasteiger partial charge < -0.3 is 15.6 Å². The summed E-state index contributed by atoms with van der Waals surface area (Å²) in [5.74, 6) is -0.335. The van der Waals surface area contributed by atoms with Crippen molar-refractivity contribution in [2.75, 3.05) is 7.11 Å². The van der Waals surface area contributed by atoms with Gasteiger partial charge in [0.2, 0.25) is 0 Å². The van der Waals surface area contributed by atoms with E-state index < -0.39 is 18.0 Å². The molecule has 0 spiro atoms. The lowest BCUT2D eigenvalue weighted by Crippen LogP contribution is -2.27. The lowest BCUT2D eigenvalue weighted by molar-refractivity contribution is 0.130. The van der Waals surface area contributed by atoms with Crippen molar-refractivity contribution in [2.24, 2.45) is 5.73 Å². The number of hydrogen-bond acceptors (Lipinski definition) is 3. The van der Waals surface area contributed by atoms with Crippen molar-refractivity contribution < 1.29 is 14.2 Å². The zero-order chi connectivity index (χ0) is 12.8. The van der Waals surface area contributed by atoms with E-state index in [-0.39, 0.29) is 18.2 Å². The van der Waals surface area contributed by atoms with Gasteiger partial charge in [-0.1, -0.05) is 31.9 Å². The number of aliphatic hydroxyl groups excluding tert-OH is 1. The number of halogens is 2. The standard InChI is InChI=1S/C13H20FNO2.ClH/c1-3-4-7-10(16)13(15)9-6-5-8-11(17-2)12(9)14;/h5-6,8,10,13,16H,3-4,7,15H2,1-2H3;1H/t10-,13+;/m1./s1. The van der Waals surface area contributed by atoms with Crippen LogP contribution in [-0.2, 0) is 0 Å². The Kier molecular flexibility index (Phi) is 7.91. The second kappa shape index (κ2) is 8.29. The number of hydrogen-bond donors (Lipinski definition) is 2. The van der Waals surface area contributed by atoms with Crippen molar-refractivity contribution in [1.29, 1.82) is 0 Å². The second-order valence-corrected chi connectivity index (χ2v) is 4.10. The van der Waals surface area contributed by atoms with Crippen LogP contribution in [0.25, 0.3) is 0 Å². The van der Waals surface area contributed by atoms with E-state index in [0.29, 0.717) is 12.0 Å². The van der Waals surface area contributed by atoms with Gasteiger partial charge in [-0.3, -0.25) is 0 Å². The third-order valence-electron chi connectivity index (χ3n) is 2.84. The number of nitrogens with two attached hydrogens (primary N) is 1. The highest BCUT2D eigenvalue weighted by molar-refractivity contribution is 5.85. The SMILES string of the molecule is CCCC[C@@H](O)[C@@H](N)c1cccc(OC)c1F.Cl. The third-order valence-corrected chi connectivity index (χ3v) is 2.84. The molecule has 18 heavy (non-hydrogen) atoms. The topological polar surface area (TPSA) is 55.5 Å². The summed E-state index contributed by atoms with van der Waals surface area (Å²) in [5.41, 5.74) is 6.16. The van der Waals surface area contributed by atoms with Crippen LogP contribution >= 0.6 is 12.4 Å².